The van der Waals surface area contributed by atoms with Crippen LogP contribution in [0.2, 0.25) is 0 Å². The highest BCUT2D eigenvalue weighted by molar-refractivity contribution is 5.36. The fourth-order valence-corrected chi connectivity index (χ4v) is 1.10. The SMILES string of the molecule is CNc1ncc(C)c(-n2cncn2)n1. The highest BCUT2D eigenvalue weighted by Gasteiger charge is 2.04. The van der Waals surface area contributed by atoms with Gasteiger partial charge in [0.1, 0.15) is 12.7 Å². The first-order valence-electron chi connectivity index (χ1n) is 4.17. The molecule has 6 heteroatoms. The van der Waals surface area contributed by atoms with Gasteiger partial charge in [-0.25, -0.2) is 14.6 Å². The van der Waals surface area contributed by atoms with Crippen molar-refractivity contribution in [2.45, 2.75) is 6.92 Å². The van der Waals surface area contributed by atoms with Crippen molar-refractivity contribution in [3.05, 3.63) is 24.4 Å². The van der Waals surface area contributed by atoms with Gasteiger partial charge in [0.15, 0.2) is 5.82 Å². The van der Waals surface area contributed by atoms with Crippen LogP contribution in [0.25, 0.3) is 5.82 Å². The highest BCUT2D eigenvalue weighted by Crippen LogP contribution is 2.09. The second-order valence-corrected chi connectivity index (χ2v) is 2.79. The molecule has 0 aliphatic rings. The monoisotopic (exact) mass is 190 g/mol. The standard InChI is InChI=1S/C8H10N6/c1-6-3-11-8(9-2)13-7(6)14-5-10-4-12-14/h3-5H,1-2H3,(H,9,11,13). The molecule has 6 nitrogen and oxygen atoms in total. The molecular formula is C8H10N6. The van der Waals surface area contributed by atoms with Crippen LogP contribution >= 0.6 is 0 Å². The van der Waals surface area contributed by atoms with Crippen LogP contribution in [0.15, 0.2) is 18.9 Å². The molecular weight excluding hydrogens is 180 g/mol. The molecule has 0 saturated heterocycles. The Balaban J connectivity index is 2.51. The largest absolute Gasteiger partial charge is 0.357 e. The number of hydrogen-bond donors (Lipinski definition) is 1. The molecule has 0 radical (unpaired) electrons. The Morgan fingerprint density at radius 2 is 2.29 bits per heavy atom. The van der Waals surface area contributed by atoms with Crippen LogP contribution in [0, 0.1) is 6.92 Å². The first-order valence-corrected chi connectivity index (χ1v) is 4.17. The van der Waals surface area contributed by atoms with Crippen molar-refractivity contribution in [3.8, 4) is 5.82 Å². The topological polar surface area (TPSA) is 68.5 Å². The van der Waals surface area contributed by atoms with Gasteiger partial charge in [-0.2, -0.15) is 10.1 Å². The molecule has 14 heavy (non-hydrogen) atoms. The molecule has 0 fully saturated rings. The first kappa shape index (κ1) is 8.61. The van der Waals surface area contributed by atoms with E-state index >= 15 is 0 Å². The summed E-state index contributed by atoms with van der Waals surface area (Å²) in [6.07, 6.45) is 4.82. The van der Waals surface area contributed by atoms with E-state index in [1.165, 1.54) is 6.33 Å². The fourth-order valence-electron chi connectivity index (χ4n) is 1.10. The summed E-state index contributed by atoms with van der Waals surface area (Å²) in [6, 6.07) is 0. The van der Waals surface area contributed by atoms with Crippen LogP contribution in [0.1, 0.15) is 5.56 Å². The van der Waals surface area contributed by atoms with E-state index in [0.29, 0.717) is 5.95 Å². The Hall–Kier alpha value is -1.98. The van der Waals surface area contributed by atoms with Crippen molar-refractivity contribution in [2.24, 2.45) is 0 Å². The van der Waals surface area contributed by atoms with Crippen LogP contribution in [0.4, 0.5) is 5.95 Å². The van der Waals surface area contributed by atoms with E-state index in [9.17, 15) is 0 Å². The minimum Gasteiger partial charge on any atom is -0.357 e. The van der Waals surface area contributed by atoms with Gasteiger partial charge in [-0.05, 0) is 6.92 Å². The molecule has 72 valence electrons. The number of aromatic nitrogens is 5. The maximum atomic E-state index is 4.27. The Bertz CT molecular complexity index is 421. The van der Waals surface area contributed by atoms with Crippen molar-refractivity contribution in [1.29, 1.82) is 0 Å². The fraction of sp³-hybridized carbons (Fsp3) is 0.250. The number of anilines is 1. The quantitative estimate of drug-likeness (QED) is 0.742. The third kappa shape index (κ3) is 1.41. The van der Waals surface area contributed by atoms with Crippen molar-refractivity contribution in [3.63, 3.8) is 0 Å². The summed E-state index contributed by atoms with van der Waals surface area (Å²) >= 11 is 0. The lowest BCUT2D eigenvalue weighted by Gasteiger charge is -2.05. The highest BCUT2D eigenvalue weighted by atomic mass is 15.4. The number of aryl methyl sites for hydroxylation is 1. The van der Waals surface area contributed by atoms with Crippen LogP contribution < -0.4 is 5.32 Å². The minimum absolute atomic E-state index is 0.570. The van der Waals surface area contributed by atoms with Crippen LogP contribution in [-0.2, 0) is 0 Å². The molecule has 0 aliphatic carbocycles. The lowest BCUT2D eigenvalue weighted by atomic mass is 10.3. The number of rotatable bonds is 2. The smallest absolute Gasteiger partial charge is 0.224 e. The lowest BCUT2D eigenvalue weighted by molar-refractivity contribution is 0.829. The zero-order chi connectivity index (χ0) is 9.97. The summed E-state index contributed by atoms with van der Waals surface area (Å²) in [5.74, 6) is 1.31. The van der Waals surface area contributed by atoms with E-state index in [1.807, 2.05) is 6.92 Å². The lowest BCUT2D eigenvalue weighted by Crippen LogP contribution is -2.05. The van der Waals surface area contributed by atoms with Gasteiger partial charge in [-0.1, -0.05) is 0 Å². The van der Waals surface area contributed by atoms with Gasteiger partial charge in [0.05, 0.1) is 0 Å². The van der Waals surface area contributed by atoms with Gasteiger partial charge in [0.2, 0.25) is 5.95 Å². The van der Waals surface area contributed by atoms with Gasteiger partial charge in [0, 0.05) is 18.8 Å². The molecule has 2 rings (SSSR count). The zero-order valence-electron chi connectivity index (χ0n) is 7.97. The molecule has 1 N–H and O–H groups in total. The second kappa shape index (κ2) is 3.41. The predicted octanol–water partition coefficient (Wildman–Crippen LogP) is 0.407. The molecule has 2 aromatic rings. The van der Waals surface area contributed by atoms with Crippen LogP contribution in [-0.4, -0.2) is 31.8 Å². The Morgan fingerprint density at radius 3 is 2.93 bits per heavy atom. The maximum Gasteiger partial charge on any atom is 0.224 e. The third-order valence-corrected chi connectivity index (χ3v) is 1.80. The molecule has 0 bridgehead atoms. The van der Waals surface area contributed by atoms with Crippen molar-refractivity contribution < 1.29 is 0 Å². The number of hydrogen-bond acceptors (Lipinski definition) is 5. The Kier molecular flexibility index (Phi) is 2.10. The summed E-state index contributed by atoms with van der Waals surface area (Å²) in [4.78, 5) is 12.2. The first-order chi connectivity index (χ1) is 6.81. The van der Waals surface area contributed by atoms with E-state index < -0.39 is 0 Å². The van der Waals surface area contributed by atoms with E-state index in [1.54, 1.807) is 24.3 Å². The van der Waals surface area contributed by atoms with Gasteiger partial charge < -0.3 is 5.32 Å². The average Bonchev–Trinajstić information content (AvgIpc) is 2.71. The van der Waals surface area contributed by atoms with Gasteiger partial charge >= 0.3 is 0 Å². The van der Waals surface area contributed by atoms with E-state index in [0.717, 1.165) is 11.4 Å². The van der Waals surface area contributed by atoms with Crippen LogP contribution in [0.3, 0.4) is 0 Å². The molecule has 0 aliphatic heterocycles. The van der Waals surface area contributed by atoms with Gasteiger partial charge in [-0.3, -0.25) is 0 Å². The van der Waals surface area contributed by atoms with Crippen molar-refractivity contribution >= 4 is 5.95 Å². The molecule has 0 aromatic carbocycles. The summed E-state index contributed by atoms with van der Waals surface area (Å²) in [6.45, 7) is 1.93. The van der Waals surface area contributed by atoms with E-state index in [4.69, 9.17) is 0 Å². The molecule has 0 atom stereocenters. The van der Waals surface area contributed by atoms with Crippen LogP contribution in [0.5, 0.6) is 0 Å². The molecule has 0 saturated carbocycles. The van der Waals surface area contributed by atoms with Gasteiger partial charge in [-0.15, -0.1) is 0 Å². The molecule has 0 amide bonds. The van der Waals surface area contributed by atoms with Gasteiger partial charge in [0.25, 0.3) is 0 Å². The minimum atomic E-state index is 0.570. The van der Waals surface area contributed by atoms with E-state index in [2.05, 4.69) is 25.4 Å². The third-order valence-electron chi connectivity index (χ3n) is 1.80. The van der Waals surface area contributed by atoms with E-state index in [-0.39, 0.29) is 0 Å². The van der Waals surface area contributed by atoms with Crippen molar-refractivity contribution in [2.75, 3.05) is 12.4 Å². The number of nitrogens with one attached hydrogen (secondary N) is 1. The number of nitrogens with zero attached hydrogens (tertiary/aromatic N) is 5. The predicted molar refractivity (Wildman–Crippen MR) is 51.2 cm³/mol. The molecule has 2 aromatic heterocycles. The molecule has 2 heterocycles. The summed E-state index contributed by atoms with van der Waals surface area (Å²) in [5, 5.41) is 6.88. The normalized spacial score (nSPS) is 10.1. The zero-order valence-corrected chi connectivity index (χ0v) is 7.97. The second-order valence-electron chi connectivity index (χ2n) is 2.79. The Morgan fingerprint density at radius 1 is 1.43 bits per heavy atom. The Labute approximate surface area is 81.0 Å². The average molecular weight is 190 g/mol. The summed E-state index contributed by atoms with van der Waals surface area (Å²) in [7, 11) is 1.77. The molecule has 0 spiro atoms. The van der Waals surface area contributed by atoms with Crippen molar-refractivity contribution in [1.82, 2.24) is 24.7 Å². The maximum absolute atomic E-state index is 4.27. The summed E-state index contributed by atoms with van der Waals surface area (Å²) in [5.41, 5.74) is 0.953. The molecule has 0 unspecified atom stereocenters. The summed E-state index contributed by atoms with van der Waals surface area (Å²) < 4.78 is 1.61.